The van der Waals surface area contributed by atoms with E-state index in [0.29, 0.717) is 32.5 Å². The number of Topliss-reactive ketones (excluding diaryl/α,β-unsaturated/α-hetero) is 1. The molecule has 0 aliphatic heterocycles. The number of hydrogen-bond acceptors (Lipinski definition) is 8. The molecule has 0 aliphatic carbocycles. The molecule has 0 unspecified atom stereocenters. The summed E-state index contributed by atoms with van der Waals surface area (Å²) in [5.74, 6) is -4.33. The summed E-state index contributed by atoms with van der Waals surface area (Å²) in [6.45, 7) is 5.83. The molecule has 0 radical (unpaired) electrons. The lowest BCUT2D eigenvalue weighted by atomic mass is 9.90. The highest BCUT2D eigenvalue weighted by Gasteiger charge is 2.27. The Morgan fingerprint density at radius 3 is 2.23 bits per heavy atom. The summed E-state index contributed by atoms with van der Waals surface area (Å²) in [5.41, 5.74) is 9.10. The lowest BCUT2D eigenvalue weighted by Gasteiger charge is -2.20. The number of aliphatic carboxylic acids is 2. The second-order valence-electron chi connectivity index (χ2n) is 13.9. The third kappa shape index (κ3) is 18.8. The highest BCUT2D eigenvalue weighted by atomic mass is 16.4. The summed E-state index contributed by atoms with van der Waals surface area (Å²) in [7, 11) is 0. The minimum Gasteiger partial charge on any atom is -0.481 e. The molecule has 53 heavy (non-hydrogen) atoms. The van der Waals surface area contributed by atoms with Crippen LogP contribution in [0.25, 0.3) is 10.9 Å². The van der Waals surface area contributed by atoms with Crippen LogP contribution in [0.1, 0.15) is 114 Å². The average Bonchev–Trinajstić information content (AvgIpc) is 3.50. The molecule has 14 heteroatoms. The molecule has 2 rings (SSSR count). The molecule has 0 saturated carbocycles. The van der Waals surface area contributed by atoms with Crippen molar-refractivity contribution >= 4 is 46.3 Å². The minimum absolute atomic E-state index is 0.0709. The van der Waals surface area contributed by atoms with Gasteiger partial charge in [-0.25, -0.2) is 4.79 Å². The topological polar surface area (TPSA) is 233 Å². The van der Waals surface area contributed by atoms with Gasteiger partial charge in [-0.05, 0) is 75.7 Å². The number of rotatable bonds is 30. The van der Waals surface area contributed by atoms with Crippen molar-refractivity contribution in [2.75, 3.05) is 26.2 Å². The van der Waals surface area contributed by atoms with Crippen molar-refractivity contribution in [3.05, 3.63) is 35.5 Å². The van der Waals surface area contributed by atoms with Crippen molar-refractivity contribution in [2.24, 2.45) is 11.7 Å². The van der Waals surface area contributed by atoms with Crippen molar-refractivity contribution in [3.63, 3.8) is 0 Å². The Morgan fingerprint density at radius 1 is 0.792 bits per heavy atom. The van der Waals surface area contributed by atoms with E-state index in [1.807, 2.05) is 31.3 Å². The zero-order valence-corrected chi connectivity index (χ0v) is 31.6. The number of carbonyl (C=O) groups excluding carboxylic acids is 4. The summed E-state index contributed by atoms with van der Waals surface area (Å²) in [6.07, 6.45) is 11.4. The van der Waals surface area contributed by atoms with Gasteiger partial charge in [0.15, 0.2) is 0 Å². The summed E-state index contributed by atoms with van der Waals surface area (Å²) in [5, 5.41) is 30.6. The van der Waals surface area contributed by atoms with E-state index in [2.05, 4.69) is 33.2 Å². The van der Waals surface area contributed by atoms with E-state index in [0.717, 1.165) is 41.3 Å². The van der Waals surface area contributed by atoms with E-state index in [1.54, 1.807) is 0 Å². The highest BCUT2D eigenvalue weighted by molar-refractivity contribution is 5.91. The Hall–Kier alpha value is -4.30. The second-order valence-corrected chi connectivity index (χ2v) is 13.9. The predicted octanol–water partition coefficient (Wildman–Crippen LogP) is 3.88. The molecule has 296 valence electrons. The molecule has 1 heterocycles. The molecule has 9 N–H and O–H groups in total. The van der Waals surface area contributed by atoms with Crippen LogP contribution in [0.5, 0.6) is 0 Å². The number of ketones is 1. The summed E-state index contributed by atoms with van der Waals surface area (Å²) < 4.78 is 0. The van der Waals surface area contributed by atoms with E-state index in [9.17, 15) is 33.9 Å². The maximum Gasteiger partial charge on any atom is 0.326 e. The zero-order chi connectivity index (χ0) is 39.0. The van der Waals surface area contributed by atoms with E-state index < -0.39 is 41.8 Å². The van der Waals surface area contributed by atoms with Crippen LogP contribution in [0.15, 0.2) is 24.4 Å². The van der Waals surface area contributed by atoms with Crippen LogP contribution in [0, 0.1) is 12.8 Å². The maximum atomic E-state index is 13.5. The molecule has 3 atom stereocenters. The van der Waals surface area contributed by atoms with Gasteiger partial charge in [0.05, 0.1) is 6.04 Å². The van der Waals surface area contributed by atoms with Gasteiger partial charge in [-0.2, -0.15) is 0 Å². The molecule has 0 spiro atoms. The SMILES string of the molecule is CCCCCCCCCC(=O)NCCCNCC[C@H](N)C(=O)C[C@H](Cc1c[nH]c2cc(C)ccc12)C(=O)NCC[C@@H](NC(=O)CCCC(=O)O)C(=O)O. The standard InChI is InChI=1S/C39H62N6O8/c1-3-4-5-6-7-8-9-12-35(47)42-20-11-19-41-21-17-31(40)34(46)25-28(24-29-26-44-33-23-27(2)15-16-30(29)33)38(51)43-22-18-32(39(52)53)45-36(48)13-10-14-37(49)50/h15-16,23,26,28,31-32,41,44H,3-14,17-22,24-25,40H2,1-2H3,(H,42,47)(H,43,51)(H,45,48)(H,49,50)(H,52,53)/t28-,31-,32+/m0/s1. The van der Waals surface area contributed by atoms with Crippen LogP contribution in [0.3, 0.4) is 0 Å². The van der Waals surface area contributed by atoms with Crippen molar-refractivity contribution in [3.8, 4) is 0 Å². The maximum absolute atomic E-state index is 13.5. The molecular weight excluding hydrogens is 680 g/mol. The average molecular weight is 743 g/mol. The number of carboxylic acid groups (broad SMARTS) is 2. The van der Waals surface area contributed by atoms with E-state index >= 15 is 0 Å². The number of H-pyrrole nitrogens is 1. The predicted molar refractivity (Wildman–Crippen MR) is 204 cm³/mol. The molecule has 1 aromatic heterocycles. The third-order valence-electron chi connectivity index (χ3n) is 9.27. The second kappa shape index (κ2) is 25.6. The largest absolute Gasteiger partial charge is 0.481 e. The number of unbranched alkanes of at least 4 members (excludes halogenated alkanes) is 6. The number of hydrogen-bond donors (Lipinski definition) is 8. The van der Waals surface area contributed by atoms with Crippen LogP contribution in [0.4, 0.5) is 0 Å². The van der Waals surface area contributed by atoms with Gasteiger partial charge in [0.2, 0.25) is 17.7 Å². The van der Waals surface area contributed by atoms with Crippen molar-refractivity contribution in [2.45, 2.75) is 129 Å². The quantitative estimate of drug-likeness (QED) is 0.0538. The Kier molecular flexibility index (Phi) is 21.7. The number of fused-ring (bicyclic) bond motifs is 1. The van der Waals surface area contributed by atoms with Crippen LogP contribution in [-0.4, -0.2) is 88.9 Å². The molecule has 2 aromatic rings. The first-order chi connectivity index (χ1) is 25.4. The van der Waals surface area contributed by atoms with E-state index in [4.69, 9.17) is 10.8 Å². The number of amides is 3. The Bertz CT molecular complexity index is 1460. The lowest BCUT2D eigenvalue weighted by molar-refractivity contribution is -0.142. The van der Waals surface area contributed by atoms with E-state index in [1.165, 1.54) is 32.1 Å². The number of aryl methyl sites for hydroxylation is 1. The van der Waals surface area contributed by atoms with Crippen molar-refractivity contribution in [1.82, 2.24) is 26.3 Å². The first-order valence-corrected chi connectivity index (χ1v) is 19.2. The fourth-order valence-electron chi connectivity index (χ4n) is 6.11. The lowest BCUT2D eigenvalue weighted by Crippen LogP contribution is -2.44. The first-order valence-electron chi connectivity index (χ1n) is 19.2. The van der Waals surface area contributed by atoms with Gasteiger partial charge in [0.25, 0.3) is 0 Å². The van der Waals surface area contributed by atoms with Crippen molar-refractivity contribution < 1.29 is 39.0 Å². The van der Waals surface area contributed by atoms with Crippen LogP contribution in [-0.2, 0) is 35.2 Å². The molecule has 0 saturated heterocycles. The monoisotopic (exact) mass is 742 g/mol. The number of nitrogens with two attached hydrogens (primary N) is 1. The number of benzene rings is 1. The fourth-order valence-corrected chi connectivity index (χ4v) is 6.11. The fraction of sp³-hybridized carbons (Fsp3) is 0.641. The Morgan fingerprint density at radius 2 is 1.51 bits per heavy atom. The van der Waals surface area contributed by atoms with Crippen LogP contribution < -0.4 is 27.0 Å². The highest BCUT2D eigenvalue weighted by Crippen LogP contribution is 2.24. The summed E-state index contributed by atoms with van der Waals surface area (Å²) in [6, 6.07) is 3.85. The van der Waals surface area contributed by atoms with Crippen LogP contribution in [0.2, 0.25) is 0 Å². The molecule has 0 bridgehead atoms. The van der Waals surface area contributed by atoms with E-state index in [-0.39, 0.29) is 56.8 Å². The first kappa shape index (κ1) is 44.9. The Labute approximate surface area is 313 Å². The molecule has 14 nitrogen and oxygen atoms in total. The summed E-state index contributed by atoms with van der Waals surface area (Å²) >= 11 is 0. The number of nitrogens with one attached hydrogen (secondary N) is 5. The number of carboxylic acids is 2. The zero-order valence-electron chi connectivity index (χ0n) is 31.6. The summed E-state index contributed by atoms with van der Waals surface area (Å²) in [4.78, 5) is 76.7. The molecular formula is C39H62N6O8. The van der Waals surface area contributed by atoms with Gasteiger partial charge in [-0.1, -0.05) is 57.6 Å². The molecule has 1 aromatic carbocycles. The third-order valence-corrected chi connectivity index (χ3v) is 9.27. The van der Waals surface area contributed by atoms with Gasteiger partial charge < -0.3 is 42.2 Å². The van der Waals surface area contributed by atoms with Gasteiger partial charge in [-0.15, -0.1) is 0 Å². The number of carbonyl (C=O) groups is 6. The van der Waals surface area contributed by atoms with Gasteiger partial charge in [0, 0.05) is 61.8 Å². The molecule has 0 aliphatic rings. The van der Waals surface area contributed by atoms with Crippen LogP contribution >= 0.6 is 0 Å². The van der Waals surface area contributed by atoms with Gasteiger partial charge in [0.1, 0.15) is 11.8 Å². The number of aromatic amines is 1. The molecule has 3 amide bonds. The number of aromatic nitrogens is 1. The van der Waals surface area contributed by atoms with Gasteiger partial charge in [-0.3, -0.25) is 24.0 Å². The molecule has 0 fully saturated rings. The normalized spacial score (nSPS) is 12.9. The smallest absolute Gasteiger partial charge is 0.326 e. The van der Waals surface area contributed by atoms with Gasteiger partial charge >= 0.3 is 11.9 Å². The minimum atomic E-state index is -1.28. The van der Waals surface area contributed by atoms with Crippen molar-refractivity contribution in [1.29, 1.82) is 0 Å². The Balaban J connectivity index is 1.84.